The van der Waals surface area contributed by atoms with Gasteiger partial charge < -0.3 is 5.32 Å². The summed E-state index contributed by atoms with van der Waals surface area (Å²) in [6, 6.07) is 10.4. The van der Waals surface area contributed by atoms with E-state index in [9.17, 15) is 13.2 Å². The highest BCUT2D eigenvalue weighted by Crippen LogP contribution is 2.25. The summed E-state index contributed by atoms with van der Waals surface area (Å²) in [6.45, 7) is 6.41. The van der Waals surface area contributed by atoms with Gasteiger partial charge in [0.2, 0.25) is 15.9 Å². The number of aromatic nitrogens is 3. The van der Waals surface area contributed by atoms with Gasteiger partial charge in [0.25, 0.3) is 0 Å². The van der Waals surface area contributed by atoms with E-state index in [0.717, 1.165) is 5.56 Å². The standard InChI is InChI=1S/C20H24ClN5O3S2/c1-4-25(5-2)31(28,29)16-10-11-18-23-24-20(26(18)13-16)30-14(3)19(27)22-12-15-8-6-7-9-17(15)21/h6-11,13-14H,4-5,12H2,1-3H3,(H,22,27). The number of nitrogens with one attached hydrogen (secondary N) is 1. The highest BCUT2D eigenvalue weighted by atomic mass is 35.5. The Morgan fingerprint density at radius 1 is 1.19 bits per heavy atom. The highest BCUT2D eigenvalue weighted by molar-refractivity contribution is 8.00. The summed E-state index contributed by atoms with van der Waals surface area (Å²) in [7, 11) is -3.62. The third-order valence-corrected chi connectivity index (χ3v) is 8.21. The number of hydrogen-bond donors (Lipinski definition) is 1. The lowest BCUT2D eigenvalue weighted by atomic mass is 10.2. The number of fused-ring (bicyclic) bond motifs is 1. The van der Waals surface area contributed by atoms with Gasteiger partial charge in [0, 0.05) is 30.9 Å². The number of carbonyl (C=O) groups is 1. The van der Waals surface area contributed by atoms with Crippen LogP contribution in [0.1, 0.15) is 26.3 Å². The second kappa shape index (κ2) is 9.99. The number of thioether (sulfide) groups is 1. The molecule has 1 unspecified atom stereocenters. The maximum atomic E-state index is 12.8. The van der Waals surface area contributed by atoms with E-state index in [4.69, 9.17) is 11.6 Å². The Hall–Kier alpha value is -2.14. The maximum absolute atomic E-state index is 12.8. The van der Waals surface area contributed by atoms with Gasteiger partial charge in [-0.3, -0.25) is 9.20 Å². The molecule has 0 bridgehead atoms. The molecule has 0 aliphatic rings. The minimum Gasteiger partial charge on any atom is -0.351 e. The van der Waals surface area contributed by atoms with Crippen LogP contribution in [0.2, 0.25) is 5.02 Å². The van der Waals surface area contributed by atoms with Gasteiger partial charge in [0.1, 0.15) is 0 Å². The molecule has 0 spiro atoms. The van der Waals surface area contributed by atoms with E-state index in [2.05, 4.69) is 15.5 Å². The summed E-state index contributed by atoms with van der Waals surface area (Å²) in [4.78, 5) is 12.7. The van der Waals surface area contributed by atoms with Gasteiger partial charge in [-0.05, 0) is 30.7 Å². The van der Waals surface area contributed by atoms with Crippen molar-refractivity contribution in [3.8, 4) is 0 Å². The lowest BCUT2D eigenvalue weighted by Gasteiger charge is -2.18. The topological polar surface area (TPSA) is 96.7 Å². The van der Waals surface area contributed by atoms with Crippen LogP contribution in [-0.2, 0) is 21.4 Å². The fourth-order valence-electron chi connectivity index (χ4n) is 2.98. The molecule has 3 rings (SSSR count). The van der Waals surface area contributed by atoms with E-state index in [1.165, 1.54) is 28.3 Å². The van der Waals surface area contributed by atoms with E-state index in [0.29, 0.717) is 35.5 Å². The molecule has 1 aromatic carbocycles. The molecule has 1 amide bonds. The van der Waals surface area contributed by atoms with Gasteiger partial charge in [0.15, 0.2) is 10.8 Å². The van der Waals surface area contributed by atoms with Crippen molar-refractivity contribution in [2.45, 2.75) is 42.6 Å². The molecule has 31 heavy (non-hydrogen) atoms. The van der Waals surface area contributed by atoms with Crippen molar-refractivity contribution in [3.63, 3.8) is 0 Å². The highest BCUT2D eigenvalue weighted by Gasteiger charge is 2.24. The zero-order valence-electron chi connectivity index (χ0n) is 17.4. The van der Waals surface area contributed by atoms with Crippen molar-refractivity contribution < 1.29 is 13.2 Å². The normalized spacial score (nSPS) is 12.9. The number of benzene rings is 1. The van der Waals surface area contributed by atoms with E-state index in [-0.39, 0.29) is 10.8 Å². The van der Waals surface area contributed by atoms with Crippen LogP contribution >= 0.6 is 23.4 Å². The minimum absolute atomic E-state index is 0.154. The SMILES string of the molecule is CCN(CC)S(=O)(=O)c1ccc2nnc(SC(C)C(=O)NCc3ccccc3Cl)n2c1. The van der Waals surface area contributed by atoms with Crippen LogP contribution in [-0.4, -0.2) is 51.6 Å². The quantitative estimate of drug-likeness (QED) is 0.471. The lowest BCUT2D eigenvalue weighted by molar-refractivity contribution is -0.120. The fourth-order valence-corrected chi connectivity index (χ4v) is 5.49. The Balaban J connectivity index is 1.76. The fraction of sp³-hybridized carbons (Fsp3) is 0.350. The van der Waals surface area contributed by atoms with Crippen LogP contribution in [0.5, 0.6) is 0 Å². The van der Waals surface area contributed by atoms with Crippen LogP contribution in [0.3, 0.4) is 0 Å². The Bertz CT molecular complexity index is 1180. The van der Waals surface area contributed by atoms with Gasteiger partial charge in [-0.2, -0.15) is 4.31 Å². The first kappa shape index (κ1) is 23.5. The van der Waals surface area contributed by atoms with E-state index < -0.39 is 15.3 Å². The number of nitrogens with zero attached hydrogens (tertiary/aromatic N) is 4. The molecule has 166 valence electrons. The Morgan fingerprint density at radius 2 is 1.90 bits per heavy atom. The molecule has 1 N–H and O–H groups in total. The number of hydrogen-bond acceptors (Lipinski definition) is 6. The first-order valence-corrected chi connectivity index (χ1v) is 12.5. The average molecular weight is 482 g/mol. The third-order valence-electron chi connectivity index (χ3n) is 4.75. The Kier molecular flexibility index (Phi) is 7.58. The third kappa shape index (κ3) is 5.20. The molecule has 0 saturated carbocycles. The first-order valence-electron chi connectivity index (χ1n) is 9.80. The van der Waals surface area contributed by atoms with Crippen LogP contribution in [0.4, 0.5) is 0 Å². The summed E-state index contributed by atoms with van der Waals surface area (Å²) in [5.74, 6) is -0.186. The number of sulfonamides is 1. The van der Waals surface area contributed by atoms with E-state index in [1.54, 1.807) is 37.3 Å². The number of halogens is 1. The largest absolute Gasteiger partial charge is 0.351 e. The molecular weight excluding hydrogens is 458 g/mol. The number of pyridine rings is 1. The molecule has 0 fully saturated rings. The summed E-state index contributed by atoms with van der Waals surface area (Å²) in [5.41, 5.74) is 1.33. The molecule has 3 aromatic rings. The maximum Gasteiger partial charge on any atom is 0.244 e. The smallest absolute Gasteiger partial charge is 0.244 e. The first-order chi connectivity index (χ1) is 14.8. The molecule has 0 radical (unpaired) electrons. The monoisotopic (exact) mass is 481 g/mol. The predicted molar refractivity (Wildman–Crippen MR) is 122 cm³/mol. The summed E-state index contributed by atoms with van der Waals surface area (Å²) < 4.78 is 28.7. The van der Waals surface area contributed by atoms with E-state index in [1.807, 2.05) is 18.2 Å². The molecule has 11 heteroatoms. The zero-order chi connectivity index (χ0) is 22.6. The van der Waals surface area contributed by atoms with Crippen LogP contribution < -0.4 is 5.32 Å². The van der Waals surface area contributed by atoms with Crippen molar-refractivity contribution in [1.82, 2.24) is 24.2 Å². The molecule has 0 aliphatic carbocycles. The van der Waals surface area contributed by atoms with Crippen molar-refractivity contribution in [3.05, 3.63) is 53.2 Å². The minimum atomic E-state index is -3.62. The second-order valence-electron chi connectivity index (χ2n) is 6.73. The van der Waals surface area contributed by atoms with Gasteiger partial charge in [-0.15, -0.1) is 10.2 Å². The molecule has 2 aromatic heterocycles. The summed E-state index contributed by atoms with van der Waals surface area (Å²) in [5, 5.41) is 11.6. The van der Waals surface area contributed by atoms with Crippen LogP contribution in [0.15, 0.2) is 52.6 Å². The molecule has 1 atom stereocenters. The summed E-state index contributed by atoms with van der Waals surface area (Å²) in [6.07, 6.45) is 1.50. The van der Waals surface area contributed by atoms with Gasteiger partial charge in [-0.25, -0.2) is 8.42 Å². The van der Waals surface area contributed by atoms with Crippen molar-refractivity contribution in [2.75, 3.05) is 13.1 Å². The van der Waals surface area contributed by atoms with Crippen LogP contribution in [0, 0.1) is 0 Å². The molecule has 0 saturated heterocycles. The van der Waals surface area contributed by atoms with E-state index >= 15 is 0 Å². The van der Waals surface area contributed by atoms with Crippen molar-refractivity contribution in [1.29, 1.82) is 0 Å². The second-order valence-corrected chi connectivity index (χ2v) is 10.4. The van der Waals surface area contributed by atoms with Crippen molar-refractivity contribution >= 4 is 44.9 Å². The average Bonchev–Trinajstić information content (AvgIpc) is 3.15. The van der Waals surface area contributed by atoms with Crippen molar-refractivity contribution in [2.24, 2.45) is 0 Å². The molecule has 2 heterocycles. The Morgan fingerprint density at radius 3 is 2.58 bits per heavy atom. The number of carbonyl (C=O) groups excluding carboxylic acids is 1. The number of rotatable bonds is 9. The van der Waals surface area contributed by atoms with Gasteiger partial charge in [0.05, 0.1) is 10.1 Å². The van der Waals surface area contributed by atoms with Crippen LogP contribution in [0.25, 0.3) is 5.65 Å². The number of amides is 1. The predicted octanol–water partition coefficient (Wildman–Crippen LogP) is 3.21. The summed E-state index contributed by atoms with van der Waals surface area (Å²) >= 11 is 7.33. The molecular formula is C20H24ClN5O3S2. The lowest BCUT2D eigenvalue weighted by Crippen LogP contribution is -2.31. The molecule has 8 nitrogen and oxygen atoms in total. The Labute approximate surface area is 191 Å². The molecule has 0 aliphatic heterocycles. The zero-order valence-corrected chi connectivity index (χ0v) is 19.8. The van der Waals surface area contributed by atoms with Gasteiger partial charge in [-0.1, -0.05) is 55.4 Å². The van der Waals surface area contributed by atoms with Gasteiger partial charge >= 0.3 is 0 Å².